The molecule has 0 aliphatic rings. The fraction of sp³-hybridized carbons (Fsp3) is 0.136. The first-order valence-electron chi connectivity index (χ1n) is 8.60. The van der Waals surface area contributed by atoms with Crippen LogP contribution in [0.25, 0.3) is 16.2 Å². The third-order valence-corrected chi connectivity index (χ3v) is 5.38. The summed E-state index contributed by atoms with van der Waals surface area (Å²) in [5.74, 6) is 4.55. The molecule has 0 saturated carbocycles. The fourth-order valence-corrected chi connectivity index (χ4v) is 3.96. The van der Waals surface area contributed by atoms with E-state index in [0.717, 1.165) is 38.9 Å². The molecule has 4 aromatic rings. The number of aromatic nitrogens is 2. The third kappa shape index (κ3) is 3.16. The Morgan fingerprint density at radius 3 is 2.93 bits per heavy atom. The molecule has 0 atom stereocenters. The number of hydrogen-bond donors (Lipinski definition) is 1. The lowest BCUT2D eigenvalue weighted by Gasteiger charge is -2.11. The maximum Gasteiger partial charge on any atom is 0.140 e. The molecule has 0 bridgehead atoms. The lowest BCUT2D eigenvalue weighted by Crippen LogP contribution is -2.05. The van der Waals surface area contributed by atoms with Gasteiger partial charge in [-0.25, -0.2) is 4.98 Å². The van der Waals surface area contributed by atoms with Crippen molar-refractivity contribution in [3.05, 3.63) is 70.7 Å². The molecule has 3 heterocycles. The van der Waals surface area contributed by atoms with Crippen LogP contribution in [0.2, 0.25) is 0 Å². The number of thiophene rings is 1. The van der Waals surface area contributed by atoms with Gasteiger partial charge < -0.3 is 10.1 Å². The van der Waals surface area contributed by atoms with E-state index in [4.69, 9.17) is 16.1 Å². The maximum atomic E-state index is 5.69. The molecule has 0 unspecified atom stereocenters. The number of nitrogens with one attached hydrogen (secondary N) is 1. The number of pyridine rings is 1. The van der Waals surface area contributed by atoms with Crippen LogP contribution in [-0.2, 0) is 6.54 Å². The molecule has 27 heavy (non-hydrogen) atoms. The van der Waals surface area contributed by atoms with E-state index in [9.17, 15) is 0 Å². The van der Waals surface area contributed by atoms with Gasteiger partial charge in [-0.2, -0.15) is 0 Å². The van der Waals surface area contributed by atoms with Crippen molar-refractivity contribution in [1.82, 2.24) is 9.38 Å². The number of rotatable bonds is 5. The molecule has 0 aliphatic heterocycles. The Labute approximate surface area is 162 Å². The molecule has 0 radical (unpaired) electrons. The Morgan fingerprint density at radius 2 is 2.11 bits per heavy atom. The Balaban J connectivity index is 1.81. The Kier molecular flexibility index (Phi) is 4.57. The second kappa shape index (κ2) is 7.18. The number of terminal acetylenes is 1. The Bertz CT molecular complexity index is 1150. The fourth-order valence-electron chi connectivity index (χ4n) is 3.11. The van der Waals surface area contributed by atoms with E-state index in [2.05, 4.69) is 40.8 Å². The molecule has 0 amide bonds. The number of nitrogens with zero attached hydrogens (tertiary/aromatic N) is 2. The van der Waals surface area contributed by atoms with Crippen molar-refractivity contribution in [2.24, 2.45) is 0 Å². The average Bonchev–Trinajstić information content (AvgIpc) is 3.30. The van der Waals surface area contributed by atoms with Crippen molar-refractivity contribution in [2.45, 2.75) is 13.5 Å². The number of anilines is 1. The highest BCUT2D eigenvalue weighted by Crippen LogP contribution is 2.35. The van der Waals surface area contributed by atoms with E-state index in [1.165, 1.54) is 5.56 Å². The summed E-state index contributed by atoms with van der Waals surface area (Å²) >= 11 is 1.61. The minimum Gasteiger partial charge on any atom is -0.496 e. The molecule has 4 nitrogen and oxygen atoms in total. The van der Waals surface area contributed by atoms with Crippen molar-refractivity contribution in [3.8, 4) is 28.7 Å². The molecule has 1 N–H and O–H groups in total. The first-order chi connectivity index (χ1) is 13.2. The summed E-state index contributed by atoms with van der Waals surface area (Å²) in [6.07, 6.45) is 7.73. The summed E-state index contributed by atoms with van der Waals surface area (Å²) in [6.45, 7) is 2.68. The van der Waals surface area contributed by atoms with Crippen molar-refractivity contribution < 1.29 is 4.74 Å². The van der Waals surface area contributed by atoms with Gasteiger partial charge in [-0.3, -0.25) is 4.40 Å². The number of ether oxygens (including phenoxy) is 1. The van der Waals surface area contributed by atoms with Gasteiger partial charge in [-0.05, 0) is 42.1 Å². The van der Waals surface area contributed by atoms with Crippen LogP contribution in [0.15, 0.2) is 54.0 Å². The zero-order valence-electron chi connectivity index (χ0n) is 15.2. The zero-order valence-corrected chi connectivity index (χ0v) is 16.0. The second-order valence-corrected chi connectivity index (χ2v) is 7.13. The quantitative estimate of drug-likeness (QED) is 0.502. The monoisotopic (exact) mass is 373 g/mol. The maximum absolute atomic E-state index is 5.69. The van der Waals surface area contributed by atoms with Crippen LogP contribution in [0, 0.1) is 19.3 Å². The highest BCUT2D eigenvalue weighted by atomic mass is 32.1. The highest BCUT2D eigenvalue weighted by molar-refractivity contribution is 7.13. The lowest BCUT2D eigenvalue weighted by atomic mass is 10.2. The van der Waals surface area contributed by atoms with Crippen LogP contribution in [0.4, 0.5) is 5.82 Å². The Hall–Kier alpha value is -3.23. The number of methoxy groups -OCH3 is 1. The SMILES string of the molecule is C#Cc1ccsc1-c1nc2cc(C)ccn2c1NCc1ccccc1OC. The molecule has 1 aromatic carbocycles. The molecular formula is C22H19N3OS. The van der Waals surface area contributed by atoms with Gasteiger partial charge in [0.2, 0.25) is 0 Å². The summed E-state index contributed by atoms with van der Waals surface area (Å²) < 4.78 is 7.54. The zero-order chi connectivity index (χ0) is 18.8. The molecule has 134 valence electrons. The predicted molar refractivity (Wildman–Crippen MR) is 111 cm³/mol. The van der Waals surface area contributed by atoms with Gasteiger partial charge in [0, 0.05) is 23.9 Å². The molecule has 3 aromatic heterocycles. The summed E-state index contributed by atoms with van der Waals surface area (Å²) in [7, 11) is 1.69. The van der Waals surface area contributed by atoms with Gasteiger partial charge in [0.1, 0.15) is 22.9 Å². The molecule has 5 heteroatoms. The minimum absolute atomic E-state index is 0.620. The van der Waals surface area contributed by atoms with Crippen LogP contribution in [0.3, 0.4) is 0 Å². The lowest BCUT2D eigenvalue weighted by molar-refractivity contribution is 0.410. The van der Waals surface area contributed by atoms with Gasteiger partial charge in [-0.1, -0.05) is 24.1 Å². The highest BCUT2D eigenvalue weighted by Gasteiger charge is 2.18. The van der Waals surface area contributed by atoms with Crippen molar-refractivity contribution >= 4 is 22.8 Å². The molecule has 0 saturated heterocycles. The van der Waals surface area contributed by atoms with Crippen LogP contribution >= 0.6 is 11.3 Å². The predicted octanol–water partition coefficient (Wildman–Crippen LogP) is 4.97. The van der Waals surface area contributed by atoms with E-state index >= 15 is 0 Å². The number of aryl methyl sites for hydroxylation is 1. The van der Waals surface area contributed by atoms with Crippen LogP contribution in [0.5, 0.6) is 5.75 Å². The number of imidazole rings is 1. The van der Waals surface area contributed by atoms with Gasteiger partial charge in [0.05, 0.1) is 12.0 Å². The normalized spacial score (nSPS) is 10.7. The van der Waals surface area contributed by atoms with Gasteiger partial charge in [0.25, 0.3) is 0 Å². The smallest absolute Gasteiger partial charge is 0.140 e. The standard InChI is InChI=1S/C22H19N3OS/c1-4-16-10-12-27-21(16)20-22(25-11-9-15(2)13-19(25)24-20)23-14-17-7-5-6-8-18(17)26-3/h1,5-13,23H,14H2,2-3H3. The van der Waals surface area contributed by atoms with E-state index in [1.54, 1.807) is 18.4 Å². The molecular weight excluding hydrogens is 354 g/mol. The summed E-state index contributed by atoms with van der Waals surface area (Å²) in [5, 5.41) is 5.55. The number of hydrogen-bond acceptors (Lipinski definition) is 4. The van der Waals surface area contributed by atoms with Gasteiger partial charge in [0.15, 0.2) is 0 Å². The summed E-state index contributed by atoms with van der Waals surface area (Å²) in [5.41, 5.74) is 4.87. The van der Waals surface area contributed by atoms with Crippen LogP contribution < -0.4 is 10.1 Å². The third-order valence-electron chi connectivity index (χ3n) is 4.46. The van der Waals surface area contributed by atoms with E-state index < -0.39 is 0 Å². The molecule has 0 spiro atoms. The second-order valence-electron chi connectivity index (χ2n) is 6.21. The minimum atomic E-state index is 0.620. The van der Waals surface area contributed by atoms with Crippen molar-refractivity contribution in [3.63, 3.8) is 0 Å². The summed E-state index contributed by atoms with van der Waals surface area (Å²) in [4.78, 5) is 5.86. The average molecular weight is 373 g/mol. The topological polar surface area (TPSA) is 38.6 Å². The van der Waals surface area contributed by atoms with Gasteiger partial charge >= 0.3 is 0 Å². The first kappa shape index (κ1) is 17.2. The Morgan fingerprint density at radius 1 is 1.26 bits per heavy atom. The van der Waals surface area contributed by atoms with Crippen LogP contribution in [0.1, 0.15) is 16.7 Å². The van der Waals surface area contributed by atoms with Gasteiger partial charge in [-0.15, -0.1) is 17.8 Å². The van der Waals surface area contributed by atoms with Crippen molar-refractivity contribution in [2.75, 3.05) is 12.4 Å². The molecule has 0 aliphatic carbocycles. The van der Waals surface area contributed by atoms with Crippen LogP contribution in [-0.4, -0.2) is 16.5 Å². The van der Waals surface area contributed by atoms with E-state index in [1.807, 2.05) is 35.8 Å². The molecule has 0 fully saturated rings. The summed E-state index contributed by atoms with van der Waals surface area (Å²) in [6, 6.07) is 14.1. The molecule has 4 rings (SSSR count). The number of para-hydroxylation sites is 1. The van der Waals surface area contributed by atoms with E-state index in [-0.39, 0.29) is 0 Å². The number of fused-ring (bicyclic) bond motifs is 1. The number of benzene rings is 1. The largest absolute Gasteiger partial charge is 0.496 e. The van der Waals surface area contributed by atoms with E-state index in [0.29, 0.717) is 6.54 Å². The first-order valence-corrected chi connectivity index (χ1v) is 9.48. The van der Waals surface area contributed by atoms with Crippen molar-refractivity contribution in [1.29, 1.82) is 0 Å².